The van der Waals surface area contributed by atoms with E-state index in [2.05, 4.69) is 5.10 Å². The van der Waals surface area contributed by atoms with Crippen LogP contribution in [0.4, 0.5) is 0 Å². The Bertz CT molecular complexity index is 555. The zero-order valence-electron chi connectivity index (χ0n) is 9.19. The molecular formula is C12H14N2O. The standard InChI is InChI=1S/C12H14N2O/c1-8(2)14-12(15)11-6-9(3)4-5-10(11)7-13-14/h4-8H,1-3H3. The number of rotatable bonds is 1. The van der Waals surface area contributed by atoms with Crippen molar-refractivity contribution in [3.8, 4) is 0 Å². The molecule has 0 spiro atoms. The summed E-state index contributed by atoms with van der Waals surface area (Å²) in [5.74, 6) is 0. The van der Waals surface area contributed by atoms with Crippen LogP contribution in [0.2, 0.25) is 0 Å². The molecule has 0 aliphatic carbocycles. The van der Waals surface area contributed by atoms with Gasteiger partial charge in [0.1, 0.15) is 0 Å². The molecule has 3 nitrogen and oxygen atoms in total. The Morgan fingerprint density at radius 1 is 1.33 bits per heavy atom. The largest absolute Gasteiger partial charge is 0.274 e. The van der Waals surface area contributed by atoms with Crippen molar-refractivity contribution < 1.29 is 0 Å². The molecule has 0 bridgehead atoms. The molecule has 1 aromatic heterocycles. The van der Waals surface area contributed by atoms with Gasteiger partial charge in [0.25, 0.3) is 5.56 Å². The minimum atomic E-state index is -0.00815. The van der Waals surface area contributed by atoms with Crippen molar-refractivity contribution in [1.82, 2.24) is 9.78 Å². The van der Waals surface area contributed by atoms with E-state index in [0.717, 1.165) is 16.3 Å². The first kappa shape index (κ1) is 9.90. The molecule has 0 saturated carbocycles. The van der Waals surface area contributed by atoms with Gasteiger partial charge in [-0.05, 0) is 26.8 Å². The Morgan fingerprint density at radius 3 is 2.73 bits per heavy atom. The quantitative estimate of drug-likeness (QED) is 0.711. The summed E-state index contributed by atoms with van der Waals surface area (Å²) in [6.45, 7) is 5.89. The van der Waals surface area contributed by atoms with Crippen LogP contribution in [0.5, 0.6) is 0 Å². The van der Waals surface area contributed by atoms with E-state index in [1.807, 2.05) is 39.0 Å². The monoisotopic (exact) mass is 202 g/mol. The van der Waals surface area contributed by atoms with Gasteiger partial charge in [0.05, 0.1) is 17.6 Å². The fourth-order valence-corrected chi connectivity index (χ4v) is 1.64. The van der Waals surface area contributed by atoms with E-state index >= 15 is 0 Å². The van der Waals surface area contributed by atoms with Crippen molar-refractivity contribution in [3.05, 3.63) is 40.3 Å². The predicted octanol–water partition coefficient (Wildman–Crippen LogP) is 2.29. The van der Waals surface area contributed by atoms with Crippen LogP contribution in [0.1, 0.15) is 25.5 Å². The maximum Gasteiger partial charge on any atom is 0.274 e. The molecule has 1 aromatic carbocycles. The number of hydrogen-bond acceptors (Lipinski definition) is 2. The summed E-state index contributed by atoms with van der Waals surface area (Å²) in [5.41, 5.74) is 1.09. The molecule has 0 aliphatic rings. The third kappa shape index (κ3) is 1.65. The highest BCUT2D eigenvalue weighted by Crippen LogP contribution is 2.11. The van der Waals surface area contributed by atoms with E-state index < -0.39 is 0 Å². The number of aromatic nitrogens is 2. The molecule has 78 valence electrons. The summed E-state index contributed by atoms with van der Waals surface area (Å²) in [7, 11) is 0. The first-order valence-electron chi connectivity index (χ1n) is 5.08. The highest BCUT2D eigenvalue weighted by molar-refractivity contribution is 5.81. The van der Waals surface area contributed by atoms with Crippen LogP contribution in [0.25, 0.3) is 10.8 Å². The van der Waals surface area contributed by atoms with Crippen LogP contribution in [0.3, 0.4) is 0 Å². The lowest BCUT2D eigenvalue weighted by Crippen LogP contribution is -2.24. The third-order valence-corrected chi connectivity index (χ3v) is 2.46. The second kappa shape index (κ2) is 3.50. The van der Waals surface area contributed by atoms with Gasteiger partial charge in [0.2, 0.25) is 0 Å². The van der Waals surface area contributed by atoms with E-state index in [4.69, 9.17) is 0 Å². The topological polar surface area (TPSA) is 34.9 Å². The molecular weight excluding hydrogens is 188 g/mol. The van der Waals surface area contributed by atoms with Gasteiger partial charge in [0.15, 0.2) is 0 Å². The van der Waals surface area contributed by atoms with E-state index in [0.29, 0.717) is 0 Å². The Labute approximate surface area is 88.4 Å². The van der Waals surface area contributed by atoms with Gasteiger partial charge < -0.3 is 0 Å². The van der Waals surface area contributed by atoms with Gasteiger partial charge in [0, 0.05) is 5.39 Å². The molecule has 0 N–H and O–H groups in total. The molecule has 0 radical (unpaired) electrons. The molecule has 2 aromatic rings. The Hall–Kier alpha value is -1.64. The second-order valence-electron chi connectivity index (χ2n) is 4.08. The first-order valence-corrected chi connectivity index (χ1v) is 5.08. The molecule has 0 unspecified atom stereocenters. The molecule has 0 amide bonds. The maximum atomic E-state index is 12.0. The SMILES string of the molecule is Cc1ccc2cnn(C(C)C)c(=O)c2c1. The van der Waals surface area contributed by atoms with Crippen LogP contribution in [-0.4, -0.2) is 9.78 Å². The lowest BCUT2D eigenvalue weighted by atomic mass is 10.1. The van der Waals surface area contributed by atoms with Crippen molar-refractivity contribution in [3.63, 3.8) is 0 Å². The van der Waals surface area contributed by atoms with Crippen molar-refractivity contribution in [1.29, 1.82) is 0 Å². The molecule has 0 atom stereocenters. The minimum Gasteiger partial charge on any atom is -0.267 e. The predicted molar refractivity (Wildman–Crippen MR) is 61.1 cm³/mol. The van der Waals surface area contributed by atoms with Gasteiger partial charge in [-0.15, -0.1) is 0 Å². The highest BCUT2D eigenvalue weighted by atomic mass is 16.1. The van der Waals surface area contributed by atoms with Gasteiger partial charge in [-0.25, -0.2) is 4.68 Å². The smallest absolute Gasteiger partial charge is 0.267 e. The normalized spacial score (nSPS) is 11.2. The summed E-state index contributed by atoms with van der Waals surface area (Å²) in [6, 6.07) is 5.94. The Balaban J connectivity index is 2.83. The third-order valence-electron chi connectivity index (χ3n) is 2.46. The average molecular weight is 202 g/mol. The molecule has 0 saturated heterocycles. The number of aryl methyl sites for hydroxylation is 1. The summed E-state index contributed by atoms with van der Waals surface area (Å²) >= 11 is 0. The summed E-state index contributed by atoms with van der Waals surface area (Å²) in [6.07, 6.45) is 1.75. The van der Waals surface area contributed by atoms with Crippen molar-refractivity contribution in [2.45, 2.75) is 26.8 Å². The molecule has 0 aliphatic heterocycles. The summed E-state index contributed by atoms with van der Waals surface area (Å²) in [5, 5.41) is 5.79. The van der Waals surface area contributed by atoms with E-state index in [-0.39, 0.29) is 11.6 Å². The van der Waals surface area contributed by atoms with Gasteiger partial charge in [-0.3, -0.25) is 4.79 Å². The minimum absolute atomic E-state index is 0.00815. The van der Waals surface area contributed by atoms with Gasteiger partial charge in [-0.2, -0.15) is 5.10 Å². The lowest BCUT2D eigenvalue weighted by Gasteiger charge is -2.08. The van der Waals surface area contributed by atoms with E-state index in [9.17, 15) is 4.79 Å². The fraction of sp³-hybridized carbons (Fsp3) is 0.333. The van der Waals surface area contributed by atoms with Crippen LogP contribution < -0.4 is 5.56 Å². The first-order chi connectivity index (χ1) is 7.09. The lowest BCUT2D eigenvalue weighted by molar-refractivity contribution is 0.507. The van der Waals surface area contributed by atoms with E-state index in [1.165, 1.54) is 4.68 Å². The second-order valence-corrected chi connectivity index (χ2v) is 4.08. The van der Waals surface area contributed by atoms with Crippen LogP contribution in [-0.2, 0) is 0 Å². The number of nitrogens with zero attached hydrogens (tertiary/aromatic N) is 2. The molecule has 3 heteroatoms. The van der Waals surface area contributed by atoms with Crippen molar-refractivity contribution in [2.24, 2.45) is 0 Å². The Kier molecular flexibility index (Phi) is 2.31. The molecule has 15 heavy (non-hydrogen) atoms. The summed E-state index contributed by atoms with van der Waals surface area (Å²) < 4.78 is 1.52. The number of fused-ring (bicyclic) bond motifs is 1. The average Bonchev–Trinajstić information content (AvgIpc) is 2.19. The van der Waals surface area contributed by atoms with Gasteiger partial charge in [-0.1, -0.05) is 17.7 Å². The fourth-order valence-electron chi connectivity index (χ4n) is 1.64. The molecule has 2 rings (SSSR count). The molecule has 0 fully saturated rings. The van der Waals surface area contributed by atoms with Crippen molar-refractivity contribution in [2.75, 3.05) is 0 Å². The van der Waals surface area contributed by atoms with Crippen molar-refractivity contribution >= 4 is 10.8 Å². The number of hydrogen-bond donors (Lipinski definition) is 0. The summed E-state index contributed by atoms with van der Waals surface area (Å²) in [4.78, 5) is 12.0. The van der Waals surface area contributed by atoms with E-state index in [1.54, 1.807) is 6.20 Å². The molecule has 1 heterocycles. The van der Waals surface area contributed by atoms with Crippen LogP contribution in [0.15, 0.2) is 29.2 Å². The van der Waals surface area contributed by atoms with Crippen LogP contribution >= 0.6 is 0 Å². The van der Waals surface area contributed by atoms with Gasteiger partial charge >= 0.3 is 0 Å². The maximum absolute atomic E-state index is 12.0. The Morgan fingerprint density at radius 2 is 2.07 bits per heavy atom. The zero-order chi connectivity index (χ0) is 11.0. The number of benzene rings is 1. The zero-order valence-corrected chi connectivity index (χ0v) is 9.19. The van der Waals surface area contributed by atoms with Crippen LogP contribution in [0, 0.1) is 6.92 Å². The highest BCUT2D eigenvalue weighted by Gasteiger charge is 2.06.